The second-order valence-corrected chi connectivity index (χ2v) is 4.64. The van der Waals surface area contributed by atoms with Gasteiger partial charge in [0.15, 0.2) is 0 Å². The zero-order valence-corrected chi connectivity index (χ0v) is 9.76. The van der Waals surface area contributed by atoms with E-state index in [4.69, 9.17) is 5.11 Å². The van der Waals surface area contributed by atoms with Gasteiger partial charge in [-0.15, -0.1) is 11.3 Å². The predicted molar refractivity (Wildman–Crippen MR) is 61.5 cm³/mol. The van der Waals surface area contributed by atoms with E-state index in [2.05, 4.69) is 10.6 Å². The number of thiophene rings is 1. The Kier molecular flexibility index (Phi) is 4.78. The molecule has 0 unspecified atom stereocenters. The van der Waals surface area contributed by atoms with Gasteiger partial charge in [0.1, 0.15) is 0 Å². The second-order valence-electron chi connectivity index (χ2n) is 3.27. The molecule has 0 saturated heterocycles. The van der Waals surface area contributed by atoms with Crippen LogP contribution in [-0.2, 0) is 11.3 Å². The van der Waals surface area contributed by atoms with Gasteiger partial charge in [-0.25, -0.2) is 4.79 Å². The standard InChI is InChI=1S/C10H14N2O3S/c1-7-2-3-8(16-7)6-12-10(15)11-5-4-9(13)14/h2-3H,4-6H2,1H3,(H,13,14)(H2,11,12,15). The smallest absolute Gasteiger partial charge is 0.315 e. The number of carbonyl (C=O) groups is 2. The minimum atomic E-state index is -0.922. The number of aliphatic carboxylic acids is 1. The lowest BCUT2D eigenvalue weighted by atomic mass is 10.4. The quantitative estimate of drug-likeness (QED) is 0.729. The van der Waals surface area contributed by atoms with Gasteiger partial charge >= 0.3 is 12.0 Å². The van der Waals surface area contributed by atoms with Gasteiger partial charge in [0.2, 0.25) is 0 Å². The number of aryl methyl sites for hydroxylation is 1. The van der Waals surface area contributed by atoms with E-state index in [9.17, 15) is 9.59 Å². The maximum atomic E-state index is 11.2. The van der Waals surface area contributed by atoms with Crippen molar-refractivity contribution >= 4 is 23.3 Å². The van der Waals surface area contributed by atoms with E-state index in [1.165, 1.54) is 4.88 Å². The molecule has 16 heavy (non-hydrogen) atoms. The first-order chi connectivity index (χ1) is 7.58. The molecule has 3 N–H and O–H groups in total. The van der Waals surface area contributed by atoms with E-state index < -0.39 is 5.97 Å². The van der Waals surface area contributed by atoms with Gasteiger partial charge in [0.25, 0.3) is 0 Å². The van der Waals surface area contributed by atoms with E-state index in [1.54, 1.807) is 11.3 Å². The third-order valence-corrected chi connectivity index (χ3v) is 2.84. The SMILES string of the molecule is Cc1ccc(CNC(=O)NCCC(=O)O)s1. The summed E-state index contributed by atoms with van der Waals surface area (Å²) in [6.45, 7) is 2.61. The molecule has 1 rings (SSSR count). The molecule has 1 heterocycles. The molecule has 88 valence electrons. The number of rotatable bonds is 5. The summed E-state index contributed by atoms with van der Waals surface area (Å²) in [6.07, 6.45) is -0.0640. The minimum Gasteiger partial charge on any atom is -0.481 e. The summed E-state index contributed by atoms with van der Waals surface area (Å²) in [6, 6.07) is 3.61. The van der Waals surface area contributed by atoms with Gasteiger partial charge in [-0.3, -0.25) is 4.79 Å². The topological polar surface area (TPSA) is 78.4 Å². The van der Waals surface area contributed by atoms with Gasteiger partial charge in [-0.1, -0.05) is 0 Å². The number of carboxylic acid groups (broad SMARTS) is 1. The molecule has 0 aromatic carbocycles. The Morgan fingerprint density at radius 3 is 2.69 bits per heavy atom. The lowest BCUT2D eigenvalue weighted by molar-refractivity contribution is -0.136. The Bertz CT molecular complexity index is 376. The summed E-state index contributed by atoms with van der Waals surface area (Å²) < 4.78 is 0. The van der Waals surface area contributed by atoms with Crippen molar-refractivity contribution in [2.24, 2.45) is 0 Å². The highest BCUT2D eigenvalue weighted by molar-refractivity contribution is 7.11. The molecular formula is C10H14N2O3S. The lowest BCUT2D eigenvalue weighted by Gasteiger charge is -2.04. The van der Waals surface area contributed by atoms with Crippen LogP contribution in [-0.4, -0.2) is 23.7 Å². The Morgan fingerprint density at radius 1 is 1.38 bits per heavy atom. The average molecular weight is 242 g/mol. The van der Waals surface area contributed by atoms with Gasteiger partial charge in [-0.05, 0) is 19.1 Å². The summed E-state index contributed by atoms with van der Waals surface area (Å²) in [5.74, 6) is -0.922. The highest BCUT2D eigenvalue weighted by Gasteiger charge is 2.02. The van der Waals surface area contributed by atoms with E-state index in [1.807, 2.05) is 19.1 Å². The van der Waals surface area contributed by atoms with Crippen LogP contribution >= 0.6 is 11.3 Å². The number of hydrogen-bond acceptors (Lipinski definition) is 3. The summed E-state index contributed by atoms with van der Waals surface area (Å²) in [4.78, 5) is 23.7. The van der Waals surface area contributed by atoms with Crippen LogP contribution in [0.5, 0.6) is 0 Å². The third kappa shape index (κ3) is 4.79. The molecule has 6 heteroatoms. The number of hydrogen-bond donors (Lipinski definition) is 3. The van der Waals surface area contributed by atoms with Crippen LogP contribution in [0.1, 0.15) is 16.2 Å². The summed E-state index contributed by atoms with van der Waals surface area (Å²) in [5, 5.41) is 13.5. The van der Waals surface area contributed by atoms with Gasteiger partial charge in [-0.2, -0.15) is 0 Å². The largest absolute Gasteiger partial charge is 0.481 e. The summed E-state index contributed by atoms with van der Waals surface area (Å²) in [5.41, 5.74) is 0. The fraction of sp³-hybridized carbons (Fsp3) is 0.400. The lowest BCUT2D eigenvalue weighted by Crippen LogP contribution is -2.36. The molecule has 0 saturated carbocycles. The van der Waals surface area contributed by atoms with E-state index in [0.29, 0.717) is 6.54 Å². The maximum absolute atomic E-state index is 11.2. The molecule has 2 amide bonds. The van der Waals surface area contributed by atoms with Crippen molar-refractivity contribution in [2.75, 3.05) is 6.54 Å². The van der Waals surface area contributed by atoms with Crippen molar-refractivity contribution in [3.05, 3.63) is 21.9 Å². The number of amides is 2. The van der Waals surface area contributed by atoms with Crippen LogP contribution in [0.15, 0.2) is 12.1 Å². The Balaban J connectivity index is 2.17. The van der Waals surface area contributed by atoms with E-state index in [-0.39, 0.29) is 19.0 Å². The first-order valence-corrected chi connectivity index (χ1v) is 5.68. The number of carbonyl (C=O) groups excluding carboxylic acids is 1. The molecule has 0 bridgehead atoms. The third-order valence-electron chi connectivity index (χ3n) is 1.84. The van der Waals surface area contributed by atoms with Gasteiger partial charge in [0.05, 0.1) is 13.0 Å². The summed E-state index contributed by atoms with van der Waals surface area (Å²) in [7, 11) is 0. The van der Waals surface area contributed by atoms with E-state index in [0.717, 1.165) is 4.88 Å². The molecule has 1 aromatic rings. The molecule has 1 aromatic heterocycles. The van der Waals surface area contributed by atoms with Crippen LogP contribution in [0.25, 0.3) is 0 Å². The molecule has 0 aliphatic carbocycles. The minimum absolute atomic E-state index is 0.0640. The monoisotopic (exact) mass is 242 g/mol. The Morgan fingerprint density at radius 2 is 2.12 bits per heavy atom. The Labute approximate surface area is 97.5 Å². The molecule has 0 radical (unpaired) electrons. The molecular weight excluding hydrogens is 228 g/mol. The summed E-state index contributed by atoms with van der Waals surface area (Å²) >= 11 is 1.62. The second kappa shape index (κ2) is 6.12. The van der Waals surface area contributed by atoms with Gasteiger partial charge in [0, 0.05) is 16.3 Å². The van der Waals surface area contributed by atoms with Crippen LogP contribution < -0.4 is 10.6 Å². The van der Waals surface area contributed by atoms with Crippen molar-refractivity contribution in [3.63, 3.8) is 0 Å². The van der Waals surface area contributed by atoms with Crippen LogP contribution in [0.2, 0.25) is 0 Å². The zero-order chi connectivity index (χ0) is 12.0. The predicted octanol–water partition coefficient (Wildman–Crippen LogP) is 1.33. The highest BCUT2D eigenvalue weighted by atomic mass is 32.1. The molecule has 0 aliphatic heterocycles. The fourth-order valence-electron chi connectivity index (χ4n) is 1.09. The molecule has 0 fully saturated rings. The van der Waals surface area contributed by atoms with Crippen LogP contribution in [0.3, 0.4) is 0 Å². The van der Waals surface area contributed by atoms with Gasteiger partial charge < -0.3 is 15.7 Å². The van der Waals surface area contributed by atoms with E-state index >= 15 is 0 Å². The first-order valence-electron chi connectivity index (χ1n) is 4.87. The highest BCUT2D eigenvalue weighted by Crippen LogP contribution is 2.14. The van der Waals surface area contributed by atoms with Crippen molar-refractivity contribution in [1.82, 2.24) is 10.6 Å². The zero-order valence-electron chi connectivity index (χ0n) is 8.95. The van der Waals surface area contributed by atoms with Crippen LogP contribution in [0.4, 0.5) is 4.79 Å². The van der Waals surface area contributed by atoms with Crippen molar-refractivity contribution < 1.29 is 14.7 Å². The van der Waals surface area contributed by atoms with Crippen LogP contribution in [0, 0.1) is 6.92 Å². The number of urea groups is 1. The van der Waals surface area contributed by atoms with Crippen molar-refractivity contribution in [2.45, 2.75) is 19.9 Å². The molecule has 5 nitrogen and oxygen atoms in total. The molecule has 0 spiro atoms. The molecule has 0 aliphatic rings. The van der Waals surface area contributed by atoms with Crippen molar-refractivity contribution in [3.8, 4) is 0 Å². The normalized spacial score (nSPS) is 9.81. The Hall–Kier alpha value is -1.56. The fourth-order valence-corrected chi connectivity index (χ4v) is 1.92. The average Bonchev–Trinajstić information content (AvgIpc) is 2.61. The first kappa shape index (κ1) is 12.5. The number of nitrogens with one attached hydrogen (secondary N) is 2. The molecule has 0 atom stereocenters. The van der Waals surface area contributed by atoms with Crippen molar-refractivity contribution in [1.29, 1.82) is 0 Å². The number of carboxylic acids is 1. The maximum Gasteiger partial charge on any atom is 0.315 e.